The van der Waals surface area contributed by atoms with Crippen LogP contribution in [-0.4, -0.2) is 0 Å². The van der Waals surface area contributed by atoms with Gasteiger partial charge in [0.2, 0.25) is 0 Å². The summed E-state index contributed by atoms with van der Waals surface area (Å²) in [4.78, 5) is 0. The Hall–Kier alpha value is -7.02. The van der Waals surface area contributed by atoms with Crippen molar-refractivity contribution in [3.63, 3.8) is 0 Å². The van der Waals surface area contributed by atoms with Gasteiger partial charge >= 0.3 is 0 Å². The molecular formula is C63H50. The fourth-order valence-electron chi connectivity index (χ4n) is 12.6. The summed E-state index contributed by atoms with van der Waals surface area (Å²) in [6.45, 7) is 14.8. The molecule has 1 aliphatic carbocycles. The molecule has 0 unspecified atom stereocenters. The van der Waals surface area contributed by atoms with E-state index in [0.717, 1.165) is 0 Å². The van der Waals surface area contributed by atoms with Gasteiger partial charge in [0.15, 0.2) is 0 Å². The van der Waals surface area contributed by atoms with E-state index in [1.165, 1.54) is 120 Å². The van der Waals surface area contributed by atoms with Crippen LogP contribution in [0, 0.1) is 10.8 Å². The van der Waals surface area contributed by atoms with Gasteiger partial charge < -0.3 is 0 Å². The third-order valence-corrected chi connectivity index (χ3v) is 14.7. The molecule has 11 aromatic carbocycles. The minimum Gasteiger partial charge on any atom is -0.0616 e. The van der Waals surface area contributed by atoms with Gasteiger partial charge in [-0.15, -0.1) is 0 Å². The molecule has 0 bridgehead atoms. The summed E-state index contributed by atoms with van der Waals surface area (Å²) in [6.07, 6.45) is 0. The predicted molar refractivity (Wildman–Crippen MR) is 273 cm³/mol. The number of fused-ring (bicyclic) bond motifs is 12. The zero-order chi connectivity index (χ0) is 42.8. The molecule has 0 heteroatoms. The first kappa shape index (κ1) is 37.7. The monoisotopic (exact) mass is 806 g/mol. The highest BCUT2D eigenvalue weighted by atomic mass is 14.6. The normalized spacial score (nSPS) is 13.7. The summed E-state index contributed by atoms with van der Waals surface area (Å²) in [5, 5.41) is 15.6. The van der Waals surface area contributed by atoms with Gasteiger partial charge in [-0.05, 0) is 155 Å². The maximum absolute atomic E-state index is 2.57. The summed E-state index contributed by atoms with van der Waals surface area (Å²) in [5.41, 5.74) is 12.8. The van der Waals surface area contributed by atoms with Crippen LogP contribution in [0.3, 0.4) is 0 Å². The van der Waals surface area contributed by atoms with Crippen LogP contribution in [0.15, 0.2) is 194 Å². The molecule has 0 spiro atoms. The average molecular weight is 807 g/mol. The van der Waals surface area contributed by atoms with Crippen molar-refractivity contribution in [1.82, 2.24) is 0 Å². The Balaban J connectivity index is 1.07. The van der Waals surface area contributed by atoms with Crippen LogP contribution in [0.4, 0.5) is 0 Å². The van der Waals surface area contributed by atoms with Crippen molar-refractivity contribution in [3.05, 3.63) is 205 Å². The number of benzene rings is 11. The first-order valence-corrected chi connectivity index (χ1v) is 22.6. The smallest absolute Gasteiger partial charge is 0.0318 e. The predicted octanol–water partition coefficient (Wildman–Crippen LogP) is 18.0. The van der Waals surface area contributed by atoms with Crippen molar-refractivity contribution >= 4 is 64.6 Å². The molecule has 0 aliphatic heterocycles. The highest BCUT2D eigenvalue weighted by Gasteiger charge is 2.58. The van der Waals surface area contributed by atoms with Gasteiger partial charge in [-0.3, -0.25) is 0 Å². The van der Waals surface area contributed by atoms with Gasteiger partial charge in [0.25, 0.3) is 0 Å². The lowest BCUT2D eigenvalue weighted by Crippen LogP contribution is -2.50. The van der Waals surface area contributed by atoms with Crippen LogP contribution in [0.1, 0.15) is 52.7 Å². The first-order valence-electron chi connectivity index (χ1n) is 22.6. The highest BCUT2D eigenvalue weighted by molar-refractivity contribution is 6.24. The summed E-state index contributed by atoms with van der Waals surface area (Å²) in [6, 6.07) is 73.2. The zero-order valence-corrected chi connectivity index (χ0v) is 37.0. The second-order valence-electron chi connectivity index (χ2n) is 20.0. The Morgan fingerprint density at radius 3 is 1.40 bits per heavy atom. The quantitative estimate of drug-likeness (QED) is 0.123. The standard InChI is InChI=1S/C63H50/c1-61(2,3)63(62(4,5)6)56-38-44-36-41(33-34-42(44)37-55(56)59-49-26-11-9-24-46(49)47-25-10-16-31-54(47)60(59)63)40-21-17-22-43(35-40)57-50-27-12-14-29-52(50)58(53-30-15-13-28-51(53)57)48-32-18-20-39-19-7-8-23-45(39)48/h7-38H,1-6H3. The summed E-state index contributed by atoms with van der Waals surface area (Å²) in [5.74, 6) is 0. The topological polar surface area (TPSA) is 0 Å². The summed E-state index contributed by atoms with van der Waals surface area (Å²) in [7, 11) is 0. The van der Waals surface area contributed by atoms with Gasteiger partial charge in [0.1, 0.15) is 0 Å². The molecule has 0 heterocycles. The molecule has 11 aromatic rings. The Bertz CT molecular complexity index is 3620. The van der Waals surface area contributed by atoms with E-state index < -0.39 is 0 Å². The van der Waals surface area contributed by atoms with E-state index in [2.05, 4.69) is 236 Å². The van der Waals surface area contributed by atoms with Crippen LogP contribution in [0.2, 0.25) is 0 Å². The molecule has 302 valence electrons. The van der Waals surface area contributed by atoms with Crippen LogP contribution in [0.5, 0.6) is 0 Å². The van der Waals surface area contributed by atoms with E-state index in [1.807, 2.05) is 0 Å². The SMILES string of the molecule is CC(C)(C)C1(C(C)(C)C)c2cc3cc(-c4cccc(-c5c6ccccc6c(-c6cccc7ccccc67)c6ccccc56)c4)ccc3cc2-c2c1c1ccccc1c1ccccc21. The molecule has 0 atom stereocenters. The largest absolute Gasteiger partial charge is 0.0616 e. The molecule has 0 N–H and O–H groups in total. The molecule has 1 aliphatic rings. The zero-order valence-electron chi connectivity index (χ0n) is 37.0. The number of hydrogen-bond acceptors (Lipinski definition) is 0. The van der Waals surface area contributed by atoms with Crippen molar-refractivity contribution in [2.75, 3.05) is 0 Å². The van der Waals surface area contributed by atoms with E-state index in [-0.39, 0.29) is 16.2 Å². The van der Waals surface area contributed by atoms with Gasteiger partial charge in [0.05, 0.1) is 0 Å². The Morgan fingerprint density at radius 2 is 0.762 bits per heavy atom. The fourth-order valence-corrected chi connectivity index (χ4v) is 12.6. The molecule has 0 saturated heterocycles. The Morgan fingerprint density at radius 1 is 0.286 bits per heavy atom. The van der Waals surface area contributed by atoms with Crippen LogP contribution in [-0.2, 0) is 5.41 Å². The van der Waals surface area contributed by atoms with Crippen LogP contribution < -0.4 is 0 Å². The van der Waals surface area contributed by atoms with E-state index in [9.17, 15) is 0 Å². The molecule has 0 amide bonds. The summed E-state index contributed by atoms with van der Waals surface area (Å²) < 4.78 is 0. The van der Waals surface area contributed by atoms with E-state index in [1.54, 1.807) is 0 Å². The second kappa shape index (κ2) is 13.5. The van der Waals surface area contributed by atoms with Gasteiger partial charge in [-0.1, -0.05) is 211 Å². The highest BCUT2D eigenvalue weighted by Crippen LogP contribution is 2.67. The van der Waals surface area contributed by atoms with Crippen molar-refractivity contribution < 1.29 is 0 Å². The number of hydrogen-bond donors (Lipinski definition) is 0. The van der Waals surface area contributed by atoms with Crippen molar-refractivity contribution in [3.8, 4) is 44.5 Å². The average Bonchev–Trinajstić information content (AvgIpc) is 3.62. The van der Waals surface area contributed by atoms with Gasteiger partial charge in [-0.2, -0.15) is 0 Å². The molecule has 0 aromatic heterocycles. The van der Waals surface area contributed by atoms with E-state index in [0.29, 0.717) is 0 Å². The molecular weight excluding hydrogens is 757 g/mol. The molecule has 0 fully saturated rings. The van der Waals surface area contributed by atoms with Crippen molar-refractivity contribution in [2.24, 2.45) is 10.8 Å². The second-order valence-corrected chi connectivity index (χ2v) is 20.0. The lowest BCUT2D eigenvalue weighted by molar-refractivity contribution is 0.0965. The fraction of sp³-hybridized carbons (Fsp3) is 0.143. The van der Waals surface area contributed by atoms with E-state index in [4.69, 9.17) is 0 Å². The molecule has 0 radical (unpaired) electrons. The van der Waals surface area contributed by atoms with Gasteiger partial charge in [-0.25, -0.2) is 0 Å². The number of rotatable bonds is 3. The van der Waals surface area contributed by atoms with Gasteiger partial charge in [0, 0.05) is 5.41 Å². The lowest BCUT2D eigenvalue weighted by Gasteiger charge is -2.53. The van der Waals surface area contributed by atoms with Crippen molar-refractivity contribution in [2.45, 2.75) is 47.0 Å². The Labute approximate surface area is 370 Å². The van der Waals surface area contributed by atoms with Crippen molar-refractivity contribution in [1.29, 1.82) is 0 Å². The summed E-state index contributed by atoms with van der Waals surface area (Å²) >= 11 is 0. The third kappa shape index (κ3) is 5.28. The minimum atomic E-state index is -0.265. The lowest BCUT2D eigenvalue weighted by atomic mass is 9.49. The van der Waals surface area contributed by atoms with Crippen LogP contribution >= 0.6 is 0 Å². The van der Waals surface area contributed by atoms with Crippen LogP contribution in [0.25, 0.3) is 109 Å². The first-order chi connectivity index (χ1) is 30.5. The molecule has 63 heavy (non-hydrogen) atoms. The molecule has 12 rings (SSSR count). The maximum atomic E-state index is 2.57. The Kier molecular flexibility index (Phi) is 8.08. The third-order valence-electron chi connectivity index (χ3n) is 14.7. The molecule has 0 nitrogen and oxygen atoms in total. The minimum absolute atomic E-state index is 0.0925. The van der Waals surface area contributed by atoms with E-state index >= 15 is 0 Å². The molecule has 0 saturated carbocycles. The maximum Gasteiger partial charge on any atom is 0.0318 e.